The predicted molar refractivity (Wildman–Crippen MR) is 72.2 cm³/mol. The summed E-state index contributed by atoms with van der Waals surface area (Å²) in [4.78, 5) is 0. The zero-order chi connectivity index (χ0) is 12.5. The van der Waals surface area contributed by atoms with E-state index in [1.165, 1.54) is 32.1 Å². The highest BCUT2D eigenvalue weighted by Crippen LogP contribution is 2.38. The third-order valence-corrected chi connectivity index (χ3v) is 4.68. The molecule has 17 heavy (non-hydrogen) atoms. The van der Waals surface area contributed by atoms with Crippen molar-refractivity contribution in [1.29, 1.82) is 0 Å². The van der Waals surface area contributed by atoms with Gasteiger partial charge in [-0.3, -0.25) is 0 Å². The van der Waals surface area contributed by atoms with Gasteiger partial charge in [-0.25, -0.2) is 0 Å². The van der Waals surface area contributed by atoms with Gasteiger partial charge in [0.1, 0.15) is 0 Å². The topological polar surface area (TPSA) is 21.3 Å². The molecular weight excluding hydrogens is 210 g/mol. The number of rotatable bonds is 2. The van der Waals surface area contributed by atoms with Crippen molar-refractivity contribution >= 4 is 0 Å². The first kappa shape index (κ1) is 13.4. The van der Waals surface area contributed by atoms with Crippen molar-refractivity contribution in [1.82, 2.24) is 5.32 Å². The molecule has 0 spiro atoms. The number of ether oxygens (including phenoxy) is 1. The van der Waals surface area contributed by atoms with Gasteiger partial charge in [-0.2, -0.15) is 0 Å². The fourth-order valence-electron chi connectivity index (χ4n) is 3.59. The Bertz CT molecular complexity index is 246. The van der Waals surface area contributed by atoms with Gasteiger partial charge in [0.25, 0.3) is 0 Å². The molecule has 1 heterocycles. The summed E-state index contributed by atoms with van der Waals surface area (Å²) in [5.74, 6) is 0.823. The minimum absolute atomic E-state index is 0.401. The molecule has 1 aliphatic carbocycles. The smallest absolute Gasteiger partial charge is 0.0700 e. The highest BCUT2D eigenvalue weighted by atomic mass is 16.5. The largest absolute Gasteiger partial charge is 0.377 e. The van der Waals surface area contributed by atoms with Crippen molar-refractivity contribution in [2.45, 2.75) is 78.0 Å². The van der Waals surface area contributed by atoms with E-state index in [1.807, 2.05) is 0 Å². The van der Waals surface area contributed by atoms with Crippen molar-refractivity contribution in [3.63, 3.8) is 0 Å². The Balaban J connectivity index is 1.96. The summed E-state index contributed by atoms with van der Waals surface area (Å²) in [6.07, 6.45) is 7.14. The van der Waals surface area contributed by atoms with Crippen LogP contribution in [0.2, 0.25) is 0 Å². The second-order valence-corrected chi connectivity index (χ2v) is 7.00. The summed E-state index contributed by atoms with van der Waals surface area (Å²) < 4.78 is 5.67. The first-order valence-electron chi connectivity index (χ1n) is 7.36. The quantitative estimate of drug-likeness (QED) is 0.798. The maximum Gasteiger partial charge on any atom is 0.0700 e. The lowest BCUT2D eigenvalue weighted by atomic mass is 9.69. The van der Waals surface area contributed by atoms with E-state index in [1.54, 1.807) is 0 Å². The fraction of sp³-hybridized carbons (Fsp3) is 1.00. The minimum Gasteiger partial charge on any atom is -0.377 e. The highest BCUT2D eigenvalue weighted by Gasteiger charge is 2.36. The van der Waals surface area contributed by atoms with Gasteiger partial charge in [-0.15, -0.1) is 0 Å². The summed E-state index contributed by atoms with van der Waals surface area (Å²) in [7, 11) is 0. The molecule has 2 aliphatic rings. The summed E-state index contributed by atoms with van der Waals surface area (Å²) in [6, 6.07) is 1.29. The van der Waals surface area contributed by atoms with Gasteiger partial charge in [0.15, 0.2) is 0 Å². The monoisotopic (exact) mass is 239 g/mol. The maximum atomic E-state index is 5.67. The zero-order valence-electron chi connectivity index (χ0n) is 12.0. The first-order valence-corrected chi connectivity index (χ1v) is 7.36. The number of nitrogens with one attached hydrogen (secondary N) is 1. The molecule has 4 unspecified atom stereocenters. The van der Waals surface area contributed by atoms with Crippen molar-refractivity contribution in [2.24, 2.45) is 11.3 Å². The summed E-state index contributed by atoms with van der Waals surface area (Å²) in [5.41, 5.74) is 0.431. The van der Waals surface area contributed by atoms with E-state index in [0.717, 1.165) is 12.5 Å². The maximum absolute atomic E-state index is 5.67. The third-order valence-electron chi connectivity index (χ3n) is 4.68. The van der Waals surface area contributed by atoms with Crippen LogP contribution in [0.3, 0.4) is 0 Å². The van der Waals surface area contributed by atoms with Crippen LogP contribution in [-0.4, -0.2) is 24.8 Å². The van der Waals surface area contributed by atoms with Gasteiger partial charge in [-0.1, -0.05) is 33.6 Å². The molecule has 4 atom stereocenters. The van der Waals surface area contributed by atoms with Gasteiger partial charge < -0.3 is 10.1 Å². The molecule has 0 aromatic heterocycles. The van der Waals surface area contributed by atoms with Crippen LogP contribution in [0.25, 0.3) is 0 Å². The lowest BCUT2D eigenvalue weighted by Crippen LogP contribution is -2.50. The molecule has 0 aromatic rings. The van der Waals surface area contributed by atoms with E-state index < -0.39 is 0 Å². The molecule has 2 fully saturated rings. The van der Waals surface area contributed by atoms with E-state index >= 15 is 0 Å². The number of hydrogen-bond donors (Lipinski definition) is 1. The van der Waals surface area contributed by atoms with E-state index in [2.05, 4.69) is 33.0 Å². The fourth-order valence-corrected chi connectivity index (χ4v) is 3.59. The normalized spacial score (nSPS) is 39.5. The Morgan fingerprint density at radius 2 is 1.71 bits per heavy atom. The van der Waals surface area contributed by atoms with Crippen LogP contribution < -0.4 is 5.32 Å². The molecule has 0 amide bonds. The van der Waals surface area contributed by atoms with E-state index in [9.17, 15) is 0 Å². The molecule has 0 bridgehead atoms. The van der Waals surface area contributed by atoms with Crippen LogP contribution in [-0.2, 0) is 4.74 Å². The second-order valence-electron chi connectivity index (χ2n) is 7.00. The zero-order valence-corrected chi connectivity index (χ0v) is 12.0. The van der Waals surface area contributed by atoms with Gasteiger partial charge in [-0.05, 0) is 37.5 Å². The lowest BCUT2D eigenvalue weighted by Gasteiger charge is -2.42. The molecule has 0 aromatic carbocycles. The van der Waals surface area contributed by atoms with Crippen LogP contribution in [0.1, 0.15) is 59.8 Å². The average molecular weight is 239 g/mol. The van der Waals surface area contributed by atoms with Crippen molar-refractivity contribution in [3.8, 4) is 0 Å². The Labute approximate surface area is 107 Å². The Hall–Kier alpha value is -0.0800. The Morgan fingerprint density at radius 3 is 2.29 bits per heavy atom. The standard InChI is InChI=1S/C15H29NO/c1-11-13(9-10-17-11)16-14-8-6-5-7-12(14)15(2,3)4/h11-14,16H,5-10H2,1-4H3. The summed E-state index contributed by atoms with van der Waals surface area (Å²) in [5, 5.41) is 3.90. The summed E-state index contributed by atoms with van der Waals surface area (Å²) >= 11 is 0. The van der Waals surface area contributed by atoms with Gasteiger partial charge >= 0.3 is 0 Å². The van der Waals surface area contributed by atoms with E-state index in [-0.39, 0.29) is 0 Å². The molecule has 2 heteroatoms. The van der Waals surface area contributed by atoms with Gasteiger partial charge in [0.2, 0.25) is 0 Å². The first-order chi connectivity index (χ1) is 7.98. The van der Waals surface area contributed by atoms with Crippen molar-refractivity contribution < 1.29 is 4.74 Å². The van der Waals surface area contributed by atoms with Crippen LogP contribution >= 0.6 is 0 Å². The molecule has 100 valence electrons. The molecule has 1 saturated heterocycles. The SMILES string of the molecule is CC1OCCC1NC1CCCCC1C(C)(C)C. The number of hydrogen-bond acceptors (Lipinski definition) is 2. The van der Waals surface area contributed by atoms with E-state index in [0.29, 0.717) is 23.6 Å². The minimum atomic E-state index is 0.401. The molecule has 2 nitrogen and oxygen atoms in total. The van der Waals surface area contributed by atoms with Gasteiger partial charge in [0, 0.05) is 18.7 Å². The van der Waals surface area contributed by atoms with Crippen LogP contribution in [0, 0.1) is 11.3 Å². The lowest BCUT2D eigenvalue weighted by molar-refractivity contribution is 0.0883. The van der Waals surface area contributed by atoms with Crippen LogP contribution in [0.5, 0.6) is 0 Å². The van der Waals surface area contributed by atoms with Gasteiger partial charge in [0.05, 0.1) is 6.10 Å². The molecule has 1 aliphatic heterocycles. The summed E-state index contributed by atoms with van der Waals surface area (Å²) in [6.45, 7) is 10.3. The molecular formula is C15H29NO. The molecule has 1 N–H and O–H groups in total. The molecule has 0 radical (unpaired) electrons. The Morgan fingerprint density at radius 1 is 1.00 bits per heavy atom. The Kier molecular flexibility index (Phi) is 4.14. The molecule has 1 saturated carbocycles. The predicted octanol–water partition coefficient (Wildman–Crippen LogP) is 3.36. The molecule has 2 rings (SSSR count). The average Bonchev–Trinajstić information content (AvgIpc) is 2.64. The third kappa shape index (κ3) is 3.23. The highest BCUT2D eigenvalue weighted by molar-refractivity contribution is 4.92. The van der Waals surface area contributed by atoms with E-state index in [4.69, 9.17) is 4.74 Å². The van der Waals surface area contributed by atoms with Crippen molar-refractivity contribution in [2.75, 3.05) is 6.61 Å². The van der Waals surface area contributed by atoms with Crippen LogP contribution in [0.4, 0.5) is 0 Å². The second kappa shape index (κ2) is 5.27. The van der Waals surface area contributed by atoms with Crippen LogP contribution in [0.15, 0.2) is 0 Å². The van der Waals surface area contributed by atoms with Crippen molar-refractivity contribution in [3.05, 3.63) is 0 Å².